The molecule has 0 saturated carbocycles. The van der Waals surface area contributed by atoms with Crippen molar-refractivity contribution in [2.45, 2.75) is 83.9 Å². The van der Waals surface area contributed by atoms with Crippen LogP contribution in [0.5, 0.6) is 0 Å². The molecular weight excluding hydrogens is 268 g/mol. The van der Waals surface area contributed by atoms with Gasteiger partial charge in [-0.1, -0.05) is 13.8 Å². The monoisotopic (exact) mass is 296 g/mol. The number of ether oxygens (including phenoxy) is 3. The van der Waals surface area contributed by atoms with Crippen molar-refractivity contribution in [1.29, 1.82) is 0 Å². The van der Waals surface area contributed by atoms with E-state index in [2.05, 4.69) is 13.8 Å². The van der Waals surface area contributed by atoms with Crippen molar-refractivity contribution in [3.05, 3.63) is 0 Å². The number of fused-ring (bicyclic) bond motifs is 5. The summed E-state index contributed by atoms with van der Waals surface area (Å²) in [7, 11) is 0. The molecule has 4 nitrogen and oxygen atoms in total. The predicted octanol–water partition coefficient (Wildman–Crippen LogP) is 2.94. The van der Waals surface area contributed by atoms with Gasteiger partial charge in [0.15, 0.2) is 0 Å². The molecule has 7 atom stereocenters. The first-order valence-corrected chi connectivity index (χ1v) is 8.39. The minimum Gasteiger partial charge on any atom is -0.460 e. The van der Waals surface area contributed by atoms with E-state index in [0.717, 1.165) is 19.3 Å². The molecule has 3 aliphatic heterocycles. The van der Waals surface area contributed by atoms with E-state index in [0.29, 0.717) is 17.9 Å². The molecule has 120 valence electrons. The van der Waals surface area contributed by atoms with E-state index in [1.54, 1.807) is 0 Å². The van der Waals surface area contributed by atoms with Crippen LogP contribution in [0.25, 0.3) is 0 Å². The van der Waals surface area contributed by atoms with E-state index in [-0.39, 0.29) is 30.2 Å². The van der Waals surface area contributed by atoms with Crippen LogP contribution in [0, 0.1) is 17.8 Å². The van der Waals surface area contributed by atoms with E-state index < -0.39 is 5.60 Å². The van der Waals surface area contributed by atoms with Gasteiger partial charge in [-0.15, -0.1) is 0 Å². The summed E-state index contributed by atoms with van der Waals surface area (Å²) >= 11 is 0. The molecule has 0 aromatic rings. The minimum atomic E-state index is -0.430. The van der Waals surface area contributed by atoms with Crippen molar-refractivity contribution in [2.24, 2.45) is 17.8 Å². The Balaban J connectivity index is 1.76. The van der Waals surface area contributed by atoms with Gasteiger partial charge in [0.2, 0.25) is 0 Å². The van der Waals surface area contributed by atoms with Crippen molar-refractivity contribution in [1.82, 2.24) is 0 Å². The molecule has 3 heterocycles. The fourth-order valence-electron chi connectivity index (χ4n) is 4.51. The third-order valence-electron chi connectivity index (χ3n) is 5.19. The molecule has 21 heavy (non-hydrogen) atoms. The summed E-state index contributed by atoms with van der Waals surface area (Å²) in [5.74, 6) is 0.645. The first kappa shape index (κ1) is 15.3. The molecular formula is C17H28O4. The summed E-state index contributed by atoms with van der Waals surface area (Å²) in [6.45, 7) is 10.1. The van der Waals surface area contributed by atoms with Crippen LogP contribution in [-0.4, -0.2) is 36.0 Å². The first-order valence-electron chi connectivity index (χ1n) is 8.39. The molecule has 2 bridgehead atoms. The van der Waals surface area contributed by atoms with Gasteiger partial charge in [-0.05, 0) is 40.0 Å². The van der Waals surface area contributed by atoms with Crippen LogP contribution in [0.15, 0.2) is 0 Å². The van der Waals surface area contributed by atoms with Gasteiger partial charge < -0.3 is 14.2 Å². The lowest BCUT2D eigenvalue weighted by Gasteiger charge is -2.31. The zero-order valence-corrected chi connectivity index (χ0v) is 13.8. The van der Waals surface area contributed by atoms with Crippen LogP contribution >= 0.6 is 0 Å². The fraction of sp³-hybridized carbons (Fsp3) is 0.941. The summed E-state index contributed by atoms with van der Waals surface area (Å²) in [5, 5.41) is 0. The van der Waals surface area contributed by atoms with Crippen molar-refractivity contribution < 1.29 is 19.0 Å². The molecule has 0 radical (unpaired) electrons. The van der Waals surface area contributed by atoms with Gasteiger partial charge in [-0.3, -0.25) is 4.79 Å². The average Bonchev–Trinajstić information content (AvgIpc) is 3.06. The van der Waals surface area contributed by atoms with Crippen LogP contribution in [0.2, 0.25) is 0 Å². The topological polar surface area (TPSA) is 44.8 Å². The first-order chi connectivity index (χ1) is 9.85. The number of hydrogen-bond donors (Lipinski definition) is 0. The Morgan fingerprint density at radius 3 is 2.29 bits per heavy atom. The Bertz CT molecular complexity index is 414. The highest BCUT2D eigenvalue weighted by Crippen LogP contribution is 2.55. The third kappa shape index (κ3) is 2.50. The van der Waals surface area contributed by atoms with Crippen LogP contribution < -0.4 is 0 Å². The van der Waals surface area contributed by atoms with Crippen molar-refractivity contribution >= 4 is 5.97 Å². The summed E-state index contributed by atoms with van der Waals surface area (Å²) in [5.41, 5.74) is -0.430. The van der Waals surface area contributed by atoms with E-state index in [4.69, 9.17) is 14.2 Å². The molecule has 0 aromatic carbocycles. The lowest BCUT2D eigenvalue weighted by Crippen LogP contribution is -2.42. The number of carbonyl (C=O) groups is 1. The highest BCUT2D eigenvalue weighted by atomic mass is 16.6. The second kappa shape index (κ2) is 5.24. The summed E-state index contributed by atoms with van der Waals surface area (Å²) in [4.78, 5) is 12.4. The third-order valence-corrected chi connectivity index (χ3v) is 5.19. The van der Waals surface area contributed by atoms with Crippen LogP contribution in [0.1, 0.15) is 53.9 Å². The molecule has 3 aliphatic rings. The van der Waals surface area contributed by atoms with Crippen molar-refractivity contribution in [2.75, 3.05) is 0 Å². The van der Waals surface area contributed by atoms with E-state index >= 15 is 0 Å². The van der Waals surface area contributed by atoms with Crippen molar-refractivity contribution in [3.63, 3.8) is 0 Å². The molecule has 3 rings (SSSR count). The molecule has 0 amide bonds. The van der Waals surface area contributed by atoms with Gasteiger partial charge in [0, 0.05) is 11.8 Å². The van der Waals surface area contributed by atoms with E-state index in [1.165, 1.54) is 0 Å². The Morgan fingerprint density at radius 1 is 1.10 bits per heavy atom. The maximum absolute atomic E-state index is 12.4. The quantitative estimate of drug-likeness (QED) is 0.751. The Labute approximate surface area is 127 Å². The number of rotatable bonds is 3. The van der Waals surface area contributed by atoms with E-state index in [1.807, 2.05) is 20.8 Å². The summed E-state index contributed by atoms with van der Waals surface area (Å²) in [6, 6.07) is 0. The molecule has 0 spiro atoms. The maximum Gasteiger partial charge on any atom is 0.312 e. The molecule has 3 saturated heterocycles. The number of carbonyl (C=O) groups excluding carboxylic acids is 1. The average molecular weight is 296 g/mol. The van der Waals surface area contributed by atoms with Gasteiger partial charge in [-0.25, -0.2) is 0 Å². The molecule has 4 heteroatoms. The Morgan fingerprint density at radius 2 is 1.71 bits per heavy atom. The SMILES string of the molecule is CCC1OC(CC)C2C3OC(CC3C(=O)OC(C)(C)C)C12. The number of esters is 1. The van der Waals surface area contributed by atoms with Gasteiger partial charge in [-0.2, -0.15) is 0 Å². The Kier molecular flexibility index (Phi) is 3.81. The lowest BCUT2D eigenvalue weighted by atomic mass is 9.70. The molecule has 0 aliphatic carbocycles. The Hall–Kier alpha value is -0.610. The zero-order valence-electron chi connectivity index (χ0n) is 13.8. The summed E-state index contributed by atoms with van der Waals surface area (Å²) < 4.78 is 18.0. The van der Waals surface area contributed by atoms with Crippen LogP contribution in [0.3, 0.4) is 0 Å². The standard InChI is InChI=1S/C17H28O4/c1-6-10-13-12-8-9(16(18)21-17(3,4)5)15(20-12)14(13)11(7-2)19-10/h9-15H,6-8H2,1-5H3. The van der Waals surface area contributed by atoms with Gasteiger partial charge in [0.1, 0.15) is 5.60 Å². The maximum atomic E-state index is 12.4. The fourth-order valence-corrected chi connectivity index (χ4v) is 4.51. The van der Waals surface area contributed by atoms with Gasteiger partial charge in [0.05, 0.1) is 30.3 Å². The second-order valence-electron chi connectivity index (χ2n) is 7.70. The van der Waals surface area contributed by atoms with Gasteiger partial charge in [0.25, 0.3) is 0 Å². The van der Waals surface area contributed by atoms with E-state index in [9.17, 15) is 4.79 Å². The normalized spacial score (nSPS) is 44.9. The van der Waals surface area contributed by atoms with Gasteiger partial charge >= 0.3 is 5.97 Å². The molecule has 7 unspecified atom stereocenters. The van der Waals surface area contributed by atoms with Crippen LogP contribution in [0.4, 0.5) is 0 Å². The molecule has 0 N–H and O–H groups in total. The predicted molar refractivity (Wildman–Crippen MR) is 78.8 cm³/mol. The highest BCUT2D eigenvalue weighted by Gasteiger charge is 2.63. The lowest BCUT2D eigenvalue weighted by molar-refractivity contribution is -0.163. The molecule has 3 fully saturated rings. The second-order valence-corrected chi connectivity index (χ2v) is 7.70. The zero-order chi connectivity index (χ0) is 15.4. The number of hydrogen-bond acceptors (Lipinski definition) is 4. The minimum absolute atomic E-state index is 0.00338. The highest BCUT2D eigenvalue weighted by molar-refractivity contribution is 5.74. The smallest absolute Gasteiger partial charge is 0.312 e. The molecule has 0 aromatic heterocycles. The van der Waals surface area contributed by atoms with Crippen LogP contribution in [-0.2, 0) is 19.0 Å². The largest absolute Gasteiger partial charge is 0.460 e. The van der Waals surface area contributed by atoms with Crippen molar-refractivity contribution in [3.8, 4) is 0 Å². The summed E-state index contributed by atoms with van der Waals surface area (Å²) in [6.07, 6.45) is 3.54.